The quantitative estimate of drug-likeness (QED) is 0.555. The Morgan fingerprint density at radius 3 is 1.92 bits per heavy atom. The fourth-order valence-electron chi connectivity index (χ4n) is 2.65. The molecular weight excluding hydrogens is 294 g/mol. The topological polar surface area (TPSA) is 29.9 Å². The zero-order valence-corrected chi connectivity index (χ0v) is 13.1. The normalized spacial score (nSPS) is 10.5. The molecule has 0 atom stereocenters. The summed E-state index contributed by atoms with van der Waals surface area (Å²) in [6.07, 6.45) is 2.07. The van der Waals surface area contributed by atoms with Gasteiger partial charge in [0, 0.05) is 23.1 Å². The number of nitrogens with zero attached hydrogens (tertiary/aromatic N) is 2. The molecule has 0 amide bonds. The molecule has 0 saturated carbocycles. The van der Waals surface area contributed by atoms with E-state index in [1.807, 2.05) is 66.7 Å². The van der Waals surface area contributed by atoms with Crippen molar-refractivity contribution < 1.29 is 0 Å². The van der Waals surface area contributed by atoms with Crippen molar-refractivity contribution in [2.45, 2.75) is 0 Å². The molecule has 0 spiro atoms. The molecule has 4 aromatic rings. The molecule has 0 aliphatic heterocycles. The van der Waals surface area contributed by atoms with Crippen LogP contribution in [0.2, 0.25) is 0 Å². The first-order chi connectivity index (χ1) is 11.9. The van der Waals surface area contributed by atoms with Crippen molar-refractivity contribution in [2.24, 2.45) is 0 Å². The molecule has 0 fully saturated rings. The Balaban J connectivity index is 1.80. The fraction of sp³-hybridized carbons (Fsp3) is 0. The SMILES string of the molecule is c1ccc(Nc2nc(-c3ccccc3)cn2-c2ccccc2)cc1. The highest BCUT2D eigenvalue weighted by molar-refractivity contribution is 5.65. The second-order valence-corrected chi connectivity index (χ2v) is 5.51. The molecular formula is C21H17N3. The Morgan fingerprint density at radius 2 is 1.25 bits per heavy atom. The highest BCUT2D eigenvalue weighted by Gasteiger charge is 2.11. The maximum Gasteiger partial charge on any atom is 0.212 e. The number of imidazole rings is 1. The molecule has 1 aromatic heterocycles. The summed E-state index contributed by atoms with van der Waals surface area (Å²) < 4.78 is 2.08. The van der Waals surface area contributed by atoms with Gasteiger partial charge in [-0.05, 0) is 24.3 Å². The lowest BCUT2D eigenvalue weighted by atomic mass is 10.2. The van der Waals surface area contributed by atoms with Crippen LogP contribution >= 0.6 is 0 Å². The second kappa shape index (κ2) is 6.42. The first kappa shape index (κ1) is 14.3. The Bertz CT molecular complexity index is 913. The van der Waals surface area contributed by atoms with Crippen LogP contribution in [0.3, 0.4) is 0 Å². The zero-order valence-electron chi connectivity index (χ0n) is 13.1. The molecule has 0 saturated heterocycles. The van der Waals surface area contributed by atoms with Crippen molar-refractivity contribution in [3.05, 3.63) is 97.2 Å². The molecule has 3 aromatic carbocycles. The van der Waals surface area contributed by atoms with Crippen molar-refractivity contribution >= 4 is 11.6 Å². The Hall–Kier alpha value is -3.33. The van der Waals surface area contributed by atoms with Crippen LogP contribution in [0.4, 0.5) is 11.6 Å². The van der Waals surface area contributed by atoms with E-state index in [4.69, 9.17) is 4.98 Å². The van der Waals surface area contributed by atoms with E-state index >= 15 is 0 Å². The summed E-state index contributed by atoms with van der Waals surface area (Å²) in [4.78, 5) is 4.80. The number of aromatic nitrogens is 2. The standard InChI is InChI=1S/C21H17N3/c1-4-10-17(11-5-1)20-16-24(19-14-8-3-9-15-19)21(23-20)22-18-12-6-2-7-13-18/h1-16H,(H,22,23). The number of nitrogens with one attached hydrogen (secondary N) is 1. The average Bonchev–Trinajstić information content (AvgIpc) is 3.08. The highest BCUT2D eigenvalue weighted by Crippen LogP contribution is 2.26. The Morgan fingerprint density at radius 1 is 0.667 bits per heavy atom. The third-order valence-electron chi connectivity index (χ3n) is 3.84. The van der Waals surface area contributed by atoms with Crippen LogP contribution in [-0.4, -0.2) is 9.55 Å². The number of para-hydroxylation sites is 2. The maximum absolute atomic E-state index is 4.80. The molecule has 3 nitrogen and oxygen atoms in total. The molecule has 3 heteroatoms. The van der Waals surface area contributed by atoms with Crippen LogP contribution in [-0.2, 0) is 0 Å². The molecule has 0 aliphatic carbocycles. The van der Waals surface area contributed by atoms with E-state index in [9.17, 15) is 0 Å². The molecule has 116 valence electrons. The molecule has 4 rings (SSSR count). The first-order valence-corrected chi connectivity index (χ1v) is 7.92. The molecule has 0 aliphatic rings. The second-order valence-electron chi connectivity index (χ2n) is 5.51. The summed E-state index contributed by atoms with van der Waals surface area (Å²) in [6, 6.07) is 30.5. The lowest BCUT2D eigenvalue weighted by Gasteiger charge is -2.09. The largest absolute Gasteiger partial charge is 0.325 e. The highest BCUT2D eigenvalue weighted by atomic mass is 15.2. The Labute approximate surface area is 141 Å². The lowest BCUT2D eigenvalue weighted by Crippen LogP contribution is -2.00. The van der Waals surface area contributed by atoms with E-state index in [0.29, 0.717) is 0 Å². The molecule has 1 heterocycles. The number of benzene rings is 3. The van der Waals surface area contributed by atoms with E-state index in [1.165, 1.54) is 0 Å². The minimum Gasteiger partial charge on any atom is -0.325 e. The number of hydrogen-bond acceptors (Lipinski definition) is 2. The minimum absolute atomic E-state index is 0.797. The number of hydrogen-bond donors (Lipinski definition) is 1. The summed E-state index contributed by atoms with van der Waals surface area (Å²) in [5.41, 5.74) is 4.13. The van der Waals surface area contributed by atoms with Crippen molar-refractivity contribution in [3.63, 3.8) is 0 Å². The summed E-state index contributed by atoms with van der Waals surface area (Å²) in [5, 5.41) is 3.41. The monoisotopic (exact) mass is 311 g/mol. The molecule has 24 heavy (non-hydrogen) atoms. The van der Waals surface area contributed by atoms with Crippen molar-refractivity contribution in [1.29, 1.82) is 0 Å². The van der Waals surface area contributed by atoms with Gasteiger partial charge < -0.3 is 5.32 Å². The van der Waals surface area contributed by atoms with Crippen LogP contribution in [0.25, 0.3) is 16.9 Å². The van der Waals surface area contributed by atoms with Gasteiger partial charge in [-0.3, -0.25) is 4.57 Å². The summed E-state index contributed by atoms with van der Waals surface area (Å²) in [7, 11) is 0. The van der Waals surface area contributed by atoms with Gasteiger partial charge in [0.25, 0.3) is 0 Å². The third kappa shape index (κ3) is 2.92. The van der Waals surface area contributed by atoms with Gasteiger partial charge in [0.1, 0.15) is 0 Å². The van der Waals surface area contributed by atoms with Crippen molar-refractivity contribution in [1.82, 2.24) is 9.55 Å². The van der Waals surface area contributed by atoms with Gasteiger partial charge in [0.15, 0.2) is 0 Å². The summed E-state index contributed by atoms with van der Waals surface area (Å²) in [5.74, 6) is 0.797. The van der Waals surface area contributed by atoms with E-state index < -0.39 is 0 Å². The predicted molar refractivity (Wildman–Crippen MR) is 98.7 cm³/mol. The molecule has 0 unspecified atom stereocenters. The third-order valence-corrected chi connectivity index (χ3v) is 3.84. The first-order valence-electron chi connectivity index (χ1n) is 7.92. The van der Waals surface area contributed by atoms with Gasteiger partial charge in [0.2, 0.25) is 5.95 Å². The Kier molecular flexibility index (Phi) is 3.82. The zero-order chi connectivity index (χ0) is 16.2. The van der Waals surface area contributed by atoms with Crippen LogP contribution in [0.15, 0.2) is 97.2 Å². The number of anilines is 2. The summed E-state index contributed by atoms with van der Waals surface area (Å²) in [6.45, 7) is 0. The van der Waals surface area contributed by atoms with E-state index in [0.717, 1.165) is 28.6 Å². The van der Waals surface area contributed by atoms with Crippen molar-refractivity contribution in [2.75, 3.05) is 5.32 Å². The van der Waals surface area contributed by atoms with E-state index in [-0.39, 0.29) is 0 Å². The maximum atomic E-state index is 4.80. The average molecular weight is 311 g/mol. The smallest absolute Gasteiger partial charge is 0.212 e. The van der Waals surface area contributed by atoms with Gasteiger partial charge in [-0.2, -0.15) is 0 Å². The van der Waals surface area contributed by atoms with Gasteiger partial charge in [0.05, 0.1) is 5.69 Å². The fourth-order valence-corrected chi connectivity index (χ4v) is 2.65. The van der Waals surface area contributed by atoms with Gasteiger partial charge in [-0.1, -0.05) is 66.7 Å². The van der Waals surface area contributed by atoms with Gasteiger partial charge >= 0.3 is 0 Å². The lowest BCUT2D eigenvalue weighted by molar-refractivity contribution is 1.06. The van der Waals surface area contributed by atoms with E-state index in [2.05, 4.69) is 40.3 Å². The van der Waals surface area contributed by atoms with E-state index in [1.54, 1.807) is 0 Å². The van der Waals surface area contributed by atoms with Crippen LogP contribution in [0, 0.1) is 0 Å². The molecule has 1 N–H and O–H groups in total. The van der Waals surface area contributed by atoms with Crippen LogP contribution in [0.5, 0.6) is 0 Å². The predicted octanol–water partition coefficient (Wildman–Crippen LogP) is 5.28. The number of rotatable bonds is 4. The van der Waals surface area contributed by atoms with Crippen LogP contribution in [0.1, 0.15) is 0 Å². The minimum atomic E-state index is 0.797. The van der Waals surface area contributed by atoms with Gasteiger partial charge in [-0.15, -0.1) is 0 Å². The molecule has 0 bridgehead atoms. The van der Waals surface area contributed by atoms with Gasteiger partial charge in [-0.25, -0.2) is 4.98 Å². The van der Waals surface area contributed by atoms with Crippen molar-refractivity contribution in [3.8, 4) is 16.9 Å². The molecule has 0 radical (unpaired) electrons. The van der Waals surface area contributed by atoms with Crippen LogP contribution < -0.4 is 5.32 Å². The summed E-state index contributed by atoms with van der Waals surface area (Å²) >= 11 is 0.